The third-order valence-electron chi connectivity index (χ3n) is 4.49. The fraction of sp³-hybridized carbons (Fsp3) is 0.867. The molecule has 1 saturated carbocycles. The summed E-state index contributed by atoms with van der Waals surface area (Å²) >= 11 is 0. The summed E-state index contributed by atoms with van der Waals surface area (Å²) in [4.78, 5) is 27.0. The molecule has 1 atom stereocenters. The number of nitrogens with one attached hydrogen (secondary N) is 1. The monoisotopic (exact) mass is 282 g/mol. The van der Waals surface area contributed by atoms with Gasteiger partial charge in [-0.1, -0.05) is 26.2 Å². The highest BCUT2D eigenvalue weighted by atomic mass is 16.5. The summed E-state index contributed by atoms with van der Waals surface area (Å²) in [6.45, 7) is 5.54. The van der Waals surface area contributed by atoms with Crippen LogP contribution in [0.4, 0.5) is 0 Å². The highest BCUT2D eigenvalue weighted by Gasteiger charge is 2.50. The van der Waals surface area contributed by atoms with Gasteiger partial charge in [-0.25, -0.2) is 0 Å². The molecule has 1 heterocycles. The first kappa shape index (κ1) is 15.3. The molecule has 1 aliphatic heterocycles. The van der Waals surface area contributed by atoms with E-state index in [-0.39, 0.29) is 17.9 Å². The van der Waals surface area contributed by atoms with Gasteiger partial charge < -0.3 is 15.0 Å². The van der Waals surface area contributed by atoms with Gasteiger partial charge in [0, 0.05) is 13.2 Å². The van der Waals surface area contributed by atoms with E-state index in [4.69, 9.17) is 4.74 Å². The topological polar surface area (TPSA) is 58.6 Å². The highest BCUT2D eigenvalue weighted by Crippen LogP contribution is 2.33. The molecule has 0 bridgehead atoms. The van der Waals surface area contributed by atoms with Gasteiger partial charge in [0.15, 0.2) is 0 Å². The van der Waals surface area contributed by atoms with Crippen molar-refractivity contribution < 1.29 is 14.3 Å². The third-order valence-corrected chi connectivity index (χ3v) is 4.49. The Kier molecular flexibility index (Phi) is 5.02. The second kappa shape index (κ2) is 6.57. The van der Waals surface area contributed by atoms with Crippen molar-refractivity contribution in [1.82, 2.24) is 10.2 Å². The van der Waals surface area contributed by atoms with Gasteiger partial charge in [-0.15, -0.1) is 0 Å². The normalized spacial score (nSPS) is 25.9. The molecule has 5 nitrogen and oxygen atoms in total. The lowest BCUT2D eigenvalue weighted by molar-refractivity contribution is -0.157. The largest absolute Gasteiger partial charge is 0.380 e. The molecule has 2 amide bonds. The summed E-state index contributed by atoms with van der Waals surface area (Å²) in [6.07, 6.45) is 5.39. The van der Waals surface area contributed by atoms with Crippen molar-refractivity contribution >= 4 is 11.8 Å². The zero-order valence-electron chi connectivity index (χ0n) is 12.6. The van der Waals surface area contributed by atoms with Crippen LogP contribution in [0.2, 0.25) is 0 Å². The van der Waals surface area contributed by atoms with Crippen LogP contribution in [0.3, 0.4) is 0 Å². The van der Waals surface area contributed by atoms with E-state index in [9.17, 15) is 9.59 Å². The van der Waals surface area contributed by atoms with Gasteiger partial charge >= 0.3 is 0 Å². The number of nitrogens with zero attached hydrogens (tertiary/aromatic N) is 1. The Morgan fingerprint density at radius 3 is 2.55 bits per heavy atom. The van der Waals surface area contributed by atoms with Crippen LogP contribution in [-0.4, -0.2) is 48.1 Å². The second-order valence-electron chi connectivity index (χ2n) is 5.75. The molecular weight excluding hydrogens is 256 g/mol. The summed E-state index contributed by atoms with van der Waals surface area (Å²) in [5, 5.41) is 3.03. The minimum absolute atomic E-state index is 0.00509. The molecular formula is C15H26N2O3. The van der Waals surface area contributed by atoms with Crippen molar-refractivity contribution in [3.63, 3.8) is 0 Å². The smallest absolute Gasteiger partial charge is 0.249 e. The van der Waals surface area contributed by atoms with Gasteiger partial charge in [0.25, 0.3) is 0 Å². The molecule has 5 heteroatoms. The summed E-state index contributed by atoms with van der Waals surface area (Å²) < 4.78 is 5.36. The van der Waals surface area contributed by atoms with Crippen molar-refractivity contribution in [3.8, 4) is 0 Å². The van der Waals surface area contributed by atoms with Crippen LogP contribution >= 0.6 is 0 Å². The Labute approximate surface area is 121 Å². The summed E-state index contributed by atoms with van der Waals surface area (Å²) in [5.41, 5.74) is -0.632. The maximum atomic E-state index is 12.9. The molecule has 0 radical (unpaired) electrons. The maximum Gasteiger partial charge on any atom is 0.249 e. The van der Waals surface area contributed by atoms with Crippen LogP contribution in [0, 0.1) is 0 Å². The van der Waals surface area contributed by atoms with E-state index in [1.165, 1.54) is 0 Å². The predicted molar refractivity (Wildman–Crippen MR) is 76.2 cm³/mol. The summed E-state index contributed by atoms with van der Waals surface area (Å²) in [5.74, 6) is 0.105. The van der Waals surface area contributed by atoms with Gasteiger partial charge in [-0.05, 0) is 26.2 Å². The van der Waals surface area contributed by atoms with Crippen molar-refractivity contribution in [2.75, 3.05) is 19.8 Å². The number of carbonyl (C=O) groups is 2. The van der Waals surface area contributed by atoms with Gasteiger partial charge in [-0.2, -0.15) is 0 Å². The Morgan fingerprint density at radius 2 is 1.95 bits per heavy atom. The number of rotatable bonds is 5. The maximum absolute atomic E-state index is 12.9. The average molecular weight is 282 g/mol. The van der Waals surface area contributed by atoms with Crippen molar-refractivity contribution in [2.45, 2.75) is 64.0 Å². The Bertz CT molecular complexity index is 364. The number of piperazine rings is 1. The van der Waals surface area contributed by atoms with E-state index in [0.29, 0.717) is 26.2 Å². The van der Waals surface area contributed by atoms with E-state index in [0.717, 1.165) is 32.1 Å². The molecule has 1 spiro atoms. The molecule has 114 valence electrons. The fourth-order valence-electron chi connectivity index (χ4n) is 3.40. The predicted octanol–water partition coefficient (Wildman–Crippen LogP) is 1.46. The molecule has 0 aromatic heterocycles. The van der Waals surface area contributed by atoms with Crippen LogP contribution in [0.5, 0.6) is 0 Å². The van der Waals surface area contributed by atoms with Crippen molar-refractivity contribution in [3.05, 3.63) is 0 Å². The average Bonchev–Trinajstić information content (AvgIpc) is 2.45. The van der Waals surface area contributed by atoms with Gasteiger partial charge in [0.1, 0.15) is 11.6 Å². The van der Waals surface area contributed by atoms with E-state index < -0.39 is 5.54 Å². The lowest BCUT2D eigenvalue weighted by atomic mass is 9.78. The number of ether oxygens (including phenoxy) is 1. The molecule has 2 fully saturated rings. The third kappa shape index (κ3) is 2.82. The van der Waals surface area contributed by atoms with E-state index in [1.807, 2.05) is 13.8 Å². The molecule has 1 unspecified atom stereocenters. The van der Waals surface area contributed by atoms with E-state index in [1.54, 1.807) is 4.90 Å². The Balaban J connectivity index is 2.15. The lowest BCUT2D eigenvalue weighted by Crippen LogP contribution is -2.71. The number of hydrogen-bond donors (Lipinski definition) is 1. The first-order valence-electron chi connectivity index (χ1n) is 7.85. The van der Waals surface area contributed by atoms with Crippen LogP contribution < -0.4 is 5.32 Å². The molecule has 1 aliphatic carbocycles. The first-order valence-corrected chi connectivity index (χ1v) is 7.85. The molecule has 1 N–H and O–H groups in total. The molecule has 20 heavy (non-hydrogen) atoms. The van der Waals surface area contributed by atoms with Gasteiger partial charge in [-0.3, -0.25) is 9.59 Å². The minimum atomic E-state index is -0.632. The molecule has 2 rings (SSSR count). The second-order valence-corrected chi connectivity index (χ2v) is 5.75. The van der Waals surface area contributed by atoms with Crippen LogP contribution in [-0.2, 0) is 14.3 Å². The Morgan fingerprint density at radius 1 is 1.25 bits per heavy atom. The first-order chi connectivity index (χ1) is 9.64. The van der Waals surface area contributed by atoms with Crippen molar-refractivity contribution in [2.24, 2.45) is 0 Å². The standard InChI is InChI=1S/C15H26N2O3/c1-3-12-13(18)16-15(8-6-5-7-9-15)14(19)17(12)10-11-20-4-2/h12H,3-11H2,1-2H3,(H,16,18). The van der Waals surface area contributed by atoms with Gasteiger partial charge in [0.2, 0.25) is 11.8 Å². The number of hydrogen-bond acceptors (Lipinski definition) is 3. The van der Waals surface area contributed by atoms with Crippen LogP contribution in [0.1, 0.15) is 52.4 Å². The van der Waals surface area contributed by atoms with Crippen LogP contribution in [0.15, 0.2) is 0 Å². The molecule has 1 saturated heterocycles. The molecule has 0 aromatic rings. The summed E-state index contributed by atoms with van der Waals surface area (Å²) in [6, 6.07) is -0.337. The zero-order valence-corrected chi connectivity index (χ0v) is 12.6. The van der Waals surface area contributed by atoms with Crippen molar-refractivity contribution in [1.29, 1.82) is 0 Å². The van der Waals surface area contributed by atoms with E-state index in [2.05, 4.69) is 5.32 Å². The molecule has 2 aliphatic rings. The molecule has 0 aromatic carbocycles. The fourth-order valence-corrected chi connectivity index (χ4v) is 3.40. The van der Waals surface area contributed by atoms with Gasteiger partial charge in [0.05, 0.1) is 6.61 Å². The minimum Gasteiger partial charge on any atom is -0.380 e. The van der Waals surface area contributed by atoms with E-state index >= 15 is 0 Å². The van der Waals surface area contributed by atoms with Crippen LogP contribution in [0.25, 0.3) is 0 Å². The SMILES string of the molecule is CCOCCN1C(=O)C2(CCCCC2)NC(=O)C1CC. The quantitative estimate of drug-likeness (QED) is 0.777. The lowest BCUT2D eigenvalue weighted by Gasteiger charge is -2.47. The highest BCUT2D eigenvalue weighted by molar-refractivity contribution is 5.99. The summed E-state index contributed by atoms with van der Waals surface area (Å²) in [7, 11) is 0. The zero-order chi connectivity index (χ0) is 14.6. The number of carbonyl (C=O) groups excluding carboxylic acids is 2. The Hall–Kier alpha value is -1.10. The number of amides is 2.